The van der Waals surface area contributed by atoms with Crippen molar-refractivity contribution in [2.24, 2.45) is 5.73 Å². The number of rotatable bonds is 3. The van der Waals surface area contributed by atoms with Crippen molar-refractivity contribution in [3.05, 3.63) is 29.7 Å². The van der Waals surface area contributed by atoms with Crippen LogP contribution < -0.4 is 5.73 Å². The number of benzene rings is 1. The van der Waals surface area contributed by atoms with Gasteiger partial charge in [0, 0.05) is 5.56 Å². The highest BCUT2D eigenvalue weighted by Crippen LogP contribution is 2.31. The highest BCUT2D eigenvalue weighted by atomic mass is 19.3. The summed E-state index contributed by atoms with van der Waals surface area (Å²) in [7, 11) is 0. The lowest BCUT2D eigenvalue weighted by molar-refractivity contribution is 0.151. The molecular weight excluding hydrogens is 232 g/mol. The predicted octanol–water partition coefficient (Wildman–Crippen LogP) is 1.84. The van der Waals surface area contributed by atoms with E-state index in [-0.39, 0.29) is 35.1 Å². The molecule has 7 heteroatoms. The molecule has 0 aliphatic carbocycles. The van der Waals surface area contributed by atoms with Gasteiger partial charge in [0.25, 0.3) is 6.43 Å². The standard InChI is InChI=1S/C10H9F2N3O2/c11-9(12)5-1-2-7(16)6(3-5)10-14-8(4-13)17-15-10/h1-3,9,16H,4,13H2. The molecule has 1 heterocycles. The SMILES string of the molecule is NCc1nc(-c2cc(C(F)F)ccc2O)no1. The number of hydrogen-bond acceptors (Lipinski definition) is 5. The van der Waals surface area contributed by atoms with Crippen LogP contribution in [-0.2, 0) is 6.54 Å². The summed E-state index contributed by atoms with van der Waals surface area (Å²) >= 11 is 0. The maximum atomic E-state index is 12.5. The number of hydrogen-bond donors (Lipinski definition) is 2. The average Bonchev–Trinajstić information content (AvgIpc) is 2.77. The van der Waals surface area contributed by atoms with Crippen molar-refractivity contribution in [3.63, 3.8) is 0 Å². The zero-order valence-corrected chi connectivity index (χ0v) is 8.60. The van der Waals surface area contributed by atoms with Crippen molar-refractivity contribution in [3.8, 4) is 17.1 Å². The van der Waals surface area contributed by atoms with Gasteiger partial charge in [-0.1, -0.05) is 5.16 Å². The normalized spacial score (nSPS) is 11.1. The number of alkyl halides is 2. The first-order valence-electron chi connectivity index (χ1n) is 4.76. The summed E-state index contributed by atoms with van der Waals surface area (Å²) in [5.41, 5.74) is 5.14. The molecule has 0 radical (unpaired) electrons. The molecule has 0 saturated heterocycles. The zero-order chi connectivity index (χ0) is 12.4. The van der Waals surface area contributed by atoms with Crippen LogP contribution in [0.3, 0.4) is 0 Å². The summed E-state index contributed by atoms with van der Waals surface area (Å²) in [6.07, 6.45) is -2.63. The molecule has 0 amide bonds. The van der Waals surface area contributed by atoms with E-state index in [4.69, 9.17) is 10.3 Å². The molecule has 2 aromatic rings. The van der Waals surface area contributed by atoms with E-state index in [2.05, 4.69) is 10.1 Å². The van der Waals surface area contributed by atoms with Crippen molar-refractivity contribution < 1.29 is 18.4 Å². The van der Waals surface area contributed by atoms with Crippen LogP contribution in [0.1, 0.15) is 17.9 Å². The molecule has 1 aromatic heterocycles. The Balaban J connectivity index is 2.46. The molecular formula is C10H9F2N3O2. The summed E-state index contributed by atoms with van der Waals surface area (Å²) in [5, 5.41) is 13.1. The monoisotopic (exact) mass is 241 g/mol. The Morgan fingerprint density at radius 2 is 2.18 bits per heavy atom. The quantitative estimate of drug-likeness (QED) is 0.856. The smallest absolute Gasteiger partial charge is 0.263 e. The van der Waals surface area contributed by atoms with Crippen molar-refractivity contribution >= 4 is 0 Å². The highest BCUT2D eigenvalue weighted by molar-refractivity contribution is 5.64. The number of phenols is 1. The lowest BCUT2D eigenvalue weighted by Gasteiger charge is -2.03. The third kappa shape index (κ3) is 2.23. The lowest BCUT2D eigenvalue weighted by atomic mass is 10.1. The van der Waals surface area contributed by atoms with Crippen molar-refractivity contribution in [2.45, 2.75) is 13.0 Å². The molecule has 0 bridgehead atoms. The third-order valence-electron chi connectivity index (χ3n) is 2.16. The summed E-state index contributed by atoms with van der Waals surface area (Å²) in [5.74, 6) is 0.00562. The summed E-state index contributed by atoms with van der Waals surface area (Å²) in [6.45, 7) is 0.0439. The van der Waals surface area contributed by atoms with Gasteiger partial charge in [-0.25, -0.2) is 8.78 Å². The number of aromatic hydroxyl groups is 1. The fourth-order valence-electron chi connectivity index (χ4n) is 1.32. The van der Waals surface area contributed by atoms with E-state index in [0.29, 0.717) is 0 Å². The Morgan fingerprint density at radius 3 is 2.76 bits per heavy atom. The first kappa shape index (κ1) is 11.5. The molecule has 0 saturated carbocycles. The fraction of sp³-hybridized carbons (Fsp3) is 0.200. The third-order valence-corrected chi connectivity index (χ3v) is 2.16. The number of aromatic nitrogens is 2. The summed E-state index contributed by atoms with van der Waals surface area (Å²) in [4.78, 5) is 3.85. The molecule has 0 aliphatic heterocycles. The van der Waals surface area contributed by atoms with Crippen LogP contribution in [0.25, 0.3) is 11.4 Å². The number of halogens is 2. The van der Waals surface area contributed by atoms with Gasteiger partial charge in [-0.05, 0) is 18.2 Å². The molecule has 17 heavy (non-hydrogen) atoms. The topological polar surface area (TPSA) is 85.2 Å². The molecule has 0 aliphatic rings. The van der Waals surface area contributed by atoms with E-state index in [1.807, 2.05) is 0 Å². The second-order valence-corrected chi connectivity index (χ2v) is 3.29. The van der Waals surface area contributed by atoms with Gasteiger partial charge in [0.15, 0.2) is 0 Å². The van der Waals surface area contributed by atoms with E-state index >= 15 is 0 Å². The van der Waals surface area contributed by atoms with Crippen molar-refractivity contribution in [2.75, 3.05) is 0 Å². The van der Waals surface area contributed by atoms with Crippen LogP contribution in [0.5, 0.6) is 5.75 Å². The molecule has 5 nitrogen and oxygen atoms in total. The van der Waals surface area contributed by atoms with Gasteiger partial charge in [0.05, 0.1) is 12.1 Å². The molecule has 0 fully saturated rings. The molecule has 1 aromatic carbocycles. The van der Waals surface area contributed by atoms with Gasteiger partial charge < -0.3 is 15.4 Å². The molecule has 3 N–H and O–H groups in total. The Bertz CT molecular complexity index is 528. The minimum absolute atomic E-state index is 0.0328. The Hall–Kier alpha value is -2.02. The van der Waals surface area contributed by atoms with Gasteiger partial charge >= 0.3 is 0 Å². The van der Waals surface area contributed by atoms with E-state index in [1.165, 1.54) is 0 Å². The number of nitrogens with two attached hydrogens (primary N) is 1. The fourth-order valence-corrected chi connectivity index (χ4v) is 1.32. The molecule has 90 valence electrons. The summed E-state index contributed by atoms with van der Waals surface area (Å²) in [6, 6.07) is 3.41. The van der Waals surface area contributed by atoms with Crippen LogP contribution in [0.15, 0.2) is 22.7 Å². The second-order valence-electron chi connectivity index (χ2n) is 3.29. The molecule has 2 rings (SSSR count). The second kappa shape index (κ2) is 4.46. The molecule has 0 atom stereocenters. The van der Waals surface area contributed by atoms with E-state index < -0.39 is 6.43 Å². The van der Waals surface area contributed by atoms with Gasteiger partial charge in [-0.15, -0.1) is 0 Å². The van der Waals surface area contributed by atoms with Gasteiger partial charge in [-0.2, -0.15) is 4.98 Å². The van der Waals surface area contributed by atoms with Crippen LogP contribution in [0.4, 0.5) is 8.78 Å². The van der Waals surface area contributed by atoms with Crippen molar-refractivity contribution in [1.82, 2.24) is 10.1 Å². The number of nitrogens with zero attached hydrogens (tertiary/aromatic N) is 2. The molecule has 0 unspecified atom stereocenters. The van der Waals surface area contributed by atoms with Crippen LogP contribution in [-0.4, -0.2) is 15.2 Å². The summed E-state index contributed by atoms with van der Waals surface area (Å²) < 4.78 is 29.7. The highest BCUT2D eigenvalue weighted by Gasteiger charge is 2.15. The van der Waals surface area contributed by atoms with E-state index in [1.54, 1.807) is 0 Å². The Labute approximate surface area is 94.9 Å². The largest absolute Gasteiger partial charge is 0.507 e. The van der Waals surface area contributed by atoms with Crippen LogP contribution >= 0.6 is 0 Å². The zero-order valence-electron chi connectivity index (χ0n) is 8.60. The Kier molecular flexibility index (Phi) is 3.01. The maximum Gasteiger partial charge on any atom is 0.263 e. The first-order chi connectivity index (χ1) is 8.11. The maximum absolute atomic E-state index is 12.5. The lowest BCUT2D eigenvalue weighted by Crippen LogP contribution is -1.95. The van der Waals surface area contributed by atoms with Gasteiger partial charge in [0.1, 0.15) is 5.75 Å². The minimum atomic E-state index is -2.63. The molecule has 0 spiro atoms. The predicted molar refractivity (Wildman–Crippen MR) is 54.2 cm³/mol. The number of phenolic OH excluding ortho intramolecular Hbond substituents is 1. The van der Waals surface area contributed by atoms with Crippen molar-refractivity contribution in [1.29, 1.82) is 0 Å². The van der Waals surface area contributed by atoms with Crippen LogP contribution in [0, 0.1) is 0 Å². The van der Waals surface area contributed by atoms with Crippen LogP contribution in [0.2, 0.25) is 0 Å². The van der Waals surface area contributed by atoms with Gasteiger partial charge in [-0.3, -0.25) is 0 Å². The average molecular weight is 241 g/mol. The van der Waals surface area contributed by atoms with E-state index in [0.717, 1.165) is 18.2 Å². The first-order valence-corrected chi connectivity index (χ1v) is 4.76. The Morgan fingerprint density at radius 1 is 1.41 bits per heavy atom. The van der Waals surface area contributed by atoms with Gasteiger partial charge in [0.2, 0.25) is 11.7 Å². The van der Waals surface area contributed by atoms with E-state index in [9.17, 15) is 13.9 Å². The minimum Gasteiger partial charge on any atom is -0.507 e.